The van der Waals surface area contributed by atoms with Crippen LogP contribution in [0, 0.1) is 0 Å². The molecule has 2 fully saturated rings. The molecule has 2 N–H and O–H groups in total. The van der Waals surface area contributed by atoms with Crippen molar-refractivity contribution in [3.63, 3.8) is 0 Å². The molecule has 1 saturated carbocycles. The minimum Gasteiger partial charge on any atom is -0.481 e. The first-order valence-electron chi connectivity index (χ1n) is 11.5. The first-order chi connectivity index (χ1) is 15.5. The van der Waals surface area contributed by atoms with Crippen molar-refractivity contribution in [2.24, 2.45) is 0 Å². The summed E-state index contributed by atoms with van der Waals surface area (Å²) in [5, 5.41) is 7.90. The Morgan fingerprint density at radius 3 is 2.62 bits per heavy atom. The van der Waals surface area contributed by atoms with Gasteiger partial charge < -0.3 is 20.3 Å². The van der Waals surface area contributed by atoms with Crippen LogP contribution in [0.3, 0.4) is 0 Å². The average molecular weight is 474 g/mol. The van der Waals surface area contributed by atoms with Gasteiger partial charge in [0.25, 0.3) is 0 Å². The van der Waals surface area contributed by atoms with E-state index in [1.165, 1.54) is 37.7 Å². The average Bonchev–Trinajstić information content (AvgIpc) is 3.28. The van der Waals surface area contributed by atoms with Gasteiger partial charge >= 0.3 is 0 Å². The molecule has 172 valence electrons. The summed E-state index contributed by atoms with van der Waals surface area (Å²) in [5.41, 5.74) is 1.38. The van der Waals surface area contributed by atoms with E-state index in [1.807, 2.05) is 18.2 Å². The van der Waals surface area contributed by atoms with Crippen LogP contribution in [-0.4, -0.2) is 41.3 Å². The zero-order valence-electron chi connectivity index (χ0n) is 18.9. The van der Waals surface area contributed by atoms with Gasteiger partial charge in [-0.05, 0) is 68.9 Å². The maximum atomic E-state index is 6.11. The van der Waals surface area contributed by atoms with Gasteiger partial charge in [0.2, 0.25) is 11.8 Å². The molecule has 0 bridgehead atoms. The standard InChI is InChI=1S/C24H32ClN5OS/c1-17-7-3-6-14-30(17)20-15-21(31-2)28-22(27-20)29-23(32)26-16-24(12-4-5-13-24)18-8-10-19(25)11-9-18/h8-11,15,17H,3-7,12-14,16H2,1-2H3,(H2,26,27,28,29,32). The molecule has 2 aromatic rings. The van der Waals surface area contributed by atoms with Gasteiger partial charge in [0.05, 0.1) is 7.11 Å². The van der Waals surface area contributed by atoms with Gasteiger partial charge in [-0.1, -0.05) is 36.6 Å². The van der Waals surface area contributed by atoms with E-state index >= 15 is 0 Å². The Balaban J connectivity index is 1.45. The minimum atomic E-state index is 0.0694. The Bertz CT molecular complexity index is 932. The topological polar surface area (TPSA) is 62.3 Å². The molecule has 1 saturated heterocycles. The van der Waals surface area contributed by atoms with Crippen molar-refractivity contribution in [1.82, 2.24) is 15.3 Å². The molecule has 1 aliphatic heterocycles. The summed E-state index contributed by atoms with van der Waals surface area (Å²) in [5.74, 6) is 1.87. The summed E-state index contributed by atoms with van der Waals surface area (Å²) in [7, 11) is 1.63. The highest BCUT2D eigenvalue weighted by Gasteiger charge is 2.35. The van der Waals surface area contributed by atoms with Crippen molar-refractivity contribution in [1.29, 1.82) is 0 Å². The van der Waals surface area contributed by atoms with Gasteiger partial charge in [-0.3, -0.25) is 0 Å². The molecule has 1 aliphatic carbocycles. The normalized spacial score (nSPS) is 20.1. The third-order valence-corrected chi connectivity index (χ3v) is 7.32. The zero-order valence-corrected chi connectivity index (χ0v) is 20.4. The van der Waals surface area contributed by atoms with E-state index in [0.29, 0.717) is 23.0 Å². The fourth-order valence-electron chi connectivity index (χ4n) is 4.98. The summed E-state index contributed by atoms with van der Waals surface area (Å²) in [6.45, 7) is 4.00. The smallest absolute Gasteiger partial charge is 0.234 e. The summed E-state index contributed by atoms with van der Waals surface area (Å²) < 4.78 is 5.44. The van der Waals surface area contributed by atoms with Gasteiger partial charge in [0.15, 0.2) is 5.11 Å². The predicted octanol–water partition coefficient (Wildman–Crippen LogP) is 5.32. The molecular weight excluding hydrogens is 442 g/mol. The second-order valence-electron chi connectivity index (χ2n) is 8.93. The first-order valence-corrected chi connectivity index (χ1v) is 12.3. The van der Waals surface area contributed by atoms with Crippen molar-refractivity contribution in [2.45, 2.75) is 63.3 Å². The van der Waals surface area contributed by atoms with Gasteiger partial charge in [-0.15, -0.1) is 0 Å². The fraction of sp³-hybridized carbons (Fsp3) is 0.542. The van der Waals surface area contributed by atoms with Crippen LogP contribution in [-0.2, 0) is 5.41 Å². The van der Waals surface area contributed by atoms with Gasteiger partial charge in [0.1, 0.15) is 5.82 Å². The van der Waals surface area contributed by atoms with Crippen molar-refractivity contribution in [3.8, 4) is 5.88 Å². The van der Waals surface area contributed by atoms with E-state index in [9.17, 15) is 0 Å². The van der Waals surface area contributed by atoms with E-state index in [-0.39, 0.29) is 5.41 Å². The number of ether oxygens (including phenoxy) is 1. The summed E-state index contributed by atoms with van der Waals surface area (Å²) >= 11 is 11.7. The van der Waals surface area contributed by atoms with Crippen molar-refractivity contribution >= 4 is 40.7 Å². The summed E-state index contributed by atoms with van der Waals surface area (Å²) in [6.07, 6.45) is 8.32. The van der Waals surface area contributed by atoms with E-state index in [0.717, 1.165) is 36.8 Å². The molecule has 0 amide bonds. The highest BCUT2D eigenvalue weighted by Crippen LogP contribution is 2.41. The molecule has 1 unspecified atom stereocenters. The molecule has 4 rings (SSSR count). The number of anilines is 2. The molecular formula is C24H32ClN5OS. The lowest BCUT2D eigenvalue weighted by molar-refractivity contribution is 0.396. The number of benzene rings is 1. The van der Waals surface area contributed by atoms with E-state index in [1.54, 1.807) is 7.11 Å². The predicted molar refractivity (Wildman–Crippen MR) is 135 cm³/mol. The Hall–Kier alpha value is -2.12. The number of hydrogen-bond acceptors (Lipinski definition) is 5. The Labute approximate surface area is 201 Å². The van der Waals surface area contributed by atoms with Crippen LogP contribution in [0.1, 0.15) is 57.4 Å². The third-order valence-electron chi connectivity index (χ3n) is 6.83. The van der Waals surface area contributed by atoms with Crippen LogP contribution in [0.5, 0.6) is 5.88 Å². The molecule has 1 aromatic heterocycles. The largest absolute Gasteiger partial charge is 0.481 e. The summed E-state index contributed by atoms with van der Waals surface area (Å²) in [6, 6.07) is 10.6. The van der Waals surface area contributed by atoms with Crippen molar-refractivity contribution in [3.05, 3.63) is 40.9 Å². The number of piperidine rings is 1. The molecule has 1 atom stereocenters. The third kappa shape index (κ3) is 5.26. The second-order valence-corrected chi connectivity index (χ2v) is 9.78. The highest BCUT2D eigenvalue weighted by atomic mass is 35.5. The van der Waals surface area contributed by atoms with Gasteiger partial charge in [-0.2, -0.15) is 9.97 Å². The van der Waals surface area contributed by atoms with E-state index in [2.05, 4.69) is 39.6 Å². The lowest BCUT2D eigenvalue weighted by Gasteiger charge is -2.34. The van der Waals surface area contributed by atoms with Crippen LogP contribution in [0.4, 0.5) is 11.8 Å². The number of thiocarbonyl (C=S) groups is 1. The quantitative estimate of drug-likeness (QED) is 0.551. The minimum absolute atomic E-state index is 0.0694. The van der Waals surface area contributed by atoms with Crippen LogP contribution < -0.4 is 20.3 Å². The zero-order chi connectivity index (χ0) is 22.6. The Kier molecular flexibility index (Phi) is 7.36. The van der Waals surface area contributed by atoms with Gasteiger partial charge in [-0.25, -0.2) is 0 Å². The number of nitrogens with one attached hydrogen (secondary N) is 2. The number of methoxy groups -OCH3 is 1. The Morgan fingerprint density at radius 1 is 1.19 bits per heavy atom. The highest BCUT2D eigenvalue weighted by molar-refractivity contribution is 7.80. The molecule has 0 radical (unpaired) electrons. The van der Waals surface area contributed by atoms with E-state index in [4.69, 9.17) is 33.5 Å². The lowest BCUT2D eigenvalue weighted by atomic mass is 9.79. The molecule has 0 spiro atoms. The number of aromatic nitrogens is 2. The van der Waals surface area contributed by atoms with E-state index < -0.39 is 0 Å². The van der Waals surface area contributed by atoms with Crippen LogP contribution in [0.2, 0.25) is 5.02 Å². The number of nitrogens with zero attached hydrogens (tertiary/aromatic N) is 3. The monoisotopic (exact) mass is 473 g/mol. The summed E-state index contributed by atoms with van der Waals surface area (Å²) in [4.78, 5) is 11.5. The number of halogens is 1. The maximum absolute atomic E-state index is 6.11. The molecule has 8 heteroatoms. The Morgan fingerprint density at radius 2 is 1.94 bits per heavy atom. The first kappa shape index (κ1) is 23.1. The fourth-order valence-corrected chi connectivity index (χ4v) is 5.27. The molecule has 1 aromatic carbocycles. The molecule has 32 heavy (non-hydrogen) atoms. The number of rotatable bonds is 6. The molecule has 2 aliphatic rings. The van der Waals surface area contributed by atoms with Crippen molar-refractivity contribution < 1.29 is 4.74 Å². The van der Waals surface area contributed by atoms with Crippen LogP contribution in [0.25, 0.3) is 0 Å². The molecule has 2 heterocycles. The van der Waals surface area contributed by atoms with Gasteiger partial charge in [0, 0.05) is 35.6 Å². The molecule has 6 nitrogen and oxygen atoms in total. The second kappa shape index (κ2) is 10.2. The van der Waals surface area contributed by atoms with Crippen molar-refractivity contribution in [2.75, 3.05) is 30.4 Å². The number of hydrogen-bond donors (Lipinski definition) is 2. The van der Waals surface area contributed by atoms with Crippen LogP contribution >= 0.6 is 23.8 Å². The lowest BCUT2D eigenvalue weighted by Crippen LogP contribution is -2.41. The maximum Gasteiger partial charge on any atom is 0.234 e. The SMILES string of the molecule is COc1cc(N2CCCCC2C)nc(NC(=S)NCC2(c3ccc(Cl)cc3)CCCC2)n1. The van der Waals surface area contributed by atoms with Crippen LogP contribution in [0.15, 0.2) is 30.3 Å².